The van der Waals surface area contributed by atoms with Gasteiger partial charge in [-0.2, -0.15) is 0 Å². The van der Waals surface area contributed by atoms with E-state index in [1.165, 1.54) is 50.8 Å². The van der Waals surface area contributed by atoms with Crippen LogP contribution in [0.5, 0.6) is 0 Å². The van der Waals surface area contributed by atoms with Gasteiger partial charge in [-0.05, 0) is 44.3 Å². The third-order valence-electron chi connectivity index (χ3n) is 2.59. The molecule has 0 aromatic heterocycles. The van der Waals surface area contributed by atoms with E-state index in [0.29, 0.717) is 0 Å². The van der Waals surface area contributed by atoms with Crippen LogP contribution in [-0.4, -0.2) is 13.1 Å². The number of benzene rings is 1. The Balaban J connectivity index is 1.93. The van der Waals surface area contributed by atoms with Gasteiger partial charge in [0.25, 0.3) is 0 Å². The van der Waals surface area contributed by atoms with Crippen molar-refractivity contribution in [1.29, 1.82) is 0 Å². The minimum Gasteiger partial charge on any atom is -0.317 e. The van der Waals surface area contributed by atoms with Crippen LogP contribution in [0.25, 0.3) is 0 Å². The second-order valence-corrected chi connectivity index (χ2v) is 4.05. The van der Waals surface area contributed by atoms with Gasteiger partial charge in [0.1, 0.15) is 0 Å². The van der Waals surface area contributed by atoms with Crippen molar-refractivity contribution < 1.29 is 0 Å². The molecular formula is C14H23N. The van der Waals surface area contributed by atoms with Crippen LogP contribution < -0.4 is 5.32 Å². The predicted molar refractivity (Wildman–Crippen MR) is 67.2 cm³/mol. The predicted octanol–water partition coefficient (Wildman–Crippen LogP) is 3.40. The molecule has 1 nitrogen and oxygen atoms in total. The topological polar surface area (TPSA) is 12.0 Å². The zero-order valence-corrected chi connectivity index (χ0v) is 9.84. The standard InChI is InChI=1S/C14H23N/c1-2-12-15-13-8-4-7-11-14-9-5-3-6-10-14/h3,5-6,9-10,15H,2,4,7-8,11-13H2,1H3. The van der Waals surface area contributed by atoms with Crippen molar-refractivity contribution in [2.45, 2.75) is 39.0 Å². The molecule has 1 aromatic carbocycles. The SMILES string of the molecule is CCCNCCCCCc1ccccc1. The zero-order valence-electron chi connectivity index (χ0n) is 9.84. The van der Waals surface area contributed by atoms with E-state index in [2.05, 4.69) is 42.6 Å². The summed E-state index contributed by atoms with van der Waals surface area (Å²) in [5.41, 5.74) is 1.47. The Morgan fingerprint density at radius 2 is 1.73 bits per heavy atom. The summed E-state index contributed by atoms with van der Waals surface area (Å²) in [6.07, 6.45) is 6.44. The summed E-state index contributed by atoms with van der Waals surface area (Å²) in [6.45, 7) is 4.56. The summed E-state index contributed by atoms with van der Waals surface area (Å²) in [5.74, 6) is 0. The molecule has 0 atom stereocenters. The highest BCUT2D eigenvalue weighted by Crippen LogP contribution is 2.05. The van der Waals surface area contributed by atoms with Gasteiger partial charge in [-0.15, -0.1) is 0 Å². The van der Waals surface area contributed by atoms with E-state index >= 15 is 0 Å². The molecule has 1 rings (SSSR count). The van der Waals surface area contributed by atoms with Gasteiger partial charge >= 0.3 is 0 Å². The molecule has 0 unspecified atom stereocenters. The van der Waals surface area contributed by atoms with Crippen LogP contribution in [0.15, 0.2) is 30.3 Å². The fourth-order valence-corrected chi connectivity index (χ4v) is 1.70. The van der Waals surface area contributed by atoms with Gasteiger partial charge < -0.3 is 5.32 Å². The maximum absolute atomic E-state index is 3.43. The van der Waals surface area contributed by atoms with Crippen molar-refractivity contribution in [3.05, 3.63) is 35.9 Å². The number of unbranched alkanes of at least 4 members (excludes halogenated alkanes) is 2. The van der Waals surface area contributed by atoms with Crippen LogP contribution in [-0.2, 0) is 6.42 Å². The summed E-state index contributed by atoms with van der Waals surface area (Å²) in [5, 5.41) is 3.43. The Bertz CT molecular complexity index is 230. The van der Waals surface area contributed by atoms with Crippen molar-refractivity contribution in [2.75, 3.05) is 13.1 Å². The van der Waals surface area contributed by atoms with Crippen LogP contribution in [0.1, 0.15) is 38.2 Å². The van der Waals surface area contributed by atoms with Crippen LogP contribution >= 0.6 is 0 Å². The Labute approximate surface area is 93.9 Å². The summed E-state index contributed by atoms with van der Waals surface area (Å²) >= 11 is 0. The Kier molecular flexibility index (Phi) is 6.93. The van der Waals surface area contributed by atoms with Crippen molar-refractivity contribution in [2.24, 2.45) is 0 Å². The molecule has 0 aliphatic carbocycles. The summed E-state index contributed by atoms with van der Waals surface area (Å²) in [4.78, 5) is 0. The molecule has 0 saturated carbocycles. The minimum absolute atomic E-state index is 1.17. The smallest absolute Gasteiger partial charge is 0.00489 e. The molecule has 1 heteroatoms. The van der Waals surface area contributed by atoms with E-state index in [9.17, 15) is 0 Å². The molecule has 0 spiro atoms. The maximum atomic E-state index is 3.43. The molecule has 0 radical (unpaired) electrons. The van der Waals surface area contributed by atoms with E-state index in [1.54, 1.807) is 0 Å². The first kappa shape index (κ1) is 12.3. The quantitative estimate of drug-likeness (QED) is 0.641. The lowest BCUT2D eigenvalue weighted by Crippen LogP contribution is -2.15. The van der Waals surface area contributed by atoms with Gasteiger partial charge in [0.05, 0.1) is 0 Å². The highest BCUT2D eigenvalue weighted by molar-refractivity contribution is 5.14. The Morgan fingerprint density at radius 3 is 2.47 bits per heavy atom. The fraction of sp³-hybridized carbons (Fsp3) is 0.571. The highest BCUT2D eigenvalue weighted by atomic mass is 14.8. The monoisotopic (exact) mass is 205 g/mol. The number of nitrogens with one attached hydrogen (secondary N) is 1. The normalized spacial score (nSPS) is 10.5. The third-order valence-corrected chi connectivity index (χ3v) is 2.59. The Hall–Kier alpha value is -0.820. The first-order valence-corrected chi connectivity index (χ1v) is 6.18. The second kappa shape index (κ2) is 8.49. The lowest BCUT2D eigenvalue weighted by molar-refractivity contribution is 0.599. The van der Waals surface area contributed by atoms with Crippen molar-refractivity contribution in [1.82, 2.24) is 5.32 Å². The van der Waals surface area contributed by atoms with Crippen molar-refractivity contribution in [3.8, 4) is 0 Å². The first-order valence-electron chi connectivity index (χ1n) is 6.18. The zero-order chi connectivity index (χ0) is 10.8. The molecule has 15 heavy (non-hydrogen) atoms. The molecule has 0 aliphatic rings. The van der Waals surface area contributed by atoms with E-state index in [4.69, 9.17) is 0 Å². The molecular weight excluding hydrogens is 182 g/mol. The van der Waals surface area contributed by atoms with Crippen LogP contribution in [0.2, 0.25) is 0 Å². The molecule has 0 aliphatic heterocycles. The maximum Gasteiger partial charge on any atom is -0.00489 e. The molecule has 0 amide bonds. The van der Waals surface area contributed by atoms with E-state index in [1.807, 2.05) is 0 Å². The lowest BCUT2D eigenvalue weighted by Gasteiger charge is -2.03. The fourth-order valence-electron chi connectivity index (χ4n) is 1.70. The lowest BCUT2D eigenvalue weighted by atomic mass is 10.1. The summed E-state index contributed by atoms with van der Waals surface area (Å²) in [6, 6.07) is 10.8. The van der Waals surface area contributed by atoms with Crippen LogP contribution in [0.4, 0.5) is 0 Å². The van der Waals surface area contributed by atoms with E-state index < -0.39 is 0 Å². The van der Waals surface area contributed by atoms with Gasteiger partial charge in [0.2, 0.25) is 0 Å². The molecule has 84 valence electrons. The molecule has 0 fully saturated rings. The average molecular weight is 205 g/mol. The van der Waals surface area contributed by atoms with Crippen LogP contribution in [0.3, 0.4) is 0 Å². The van der Waals surface area contributed by atoms with Gasteiger partial charge in [-0.1, -0.05) is 43.7 Å². The van der Waals surface area contributed by atoms with Crippen molar-refractivity contribution >= 4 is 0 Å². The largest absolute Gasteiger partial charge is 0.317 e. The van der Waals surface area contributed by atoms with Gasteiger partial charge in [0, 0.05) is 0 Å². The molecule has 1 N–H and O–H groups in total. The van der Waals surface area contributed by atoms with E-state index in [0.717, 1.165) is 0 Å². The number of hydrogen-bond donors (Lipinski definition) is 1. The summed E-state index contributed by atoms with van der Waals surface area (Å²) < 4.78 is 0. The average Bonchev–Trinajstić information content (AvgIpc) is 2.29. The van der Waals surface area contributed by atoms with Gasteiger partial charge in [0.15, 0.2) is 0 Å². The molecule has 0 bridgehead atoms. The summed E-state index contributed by atoms with van der Waals surface area (Å²) in [7, 11) is 0. The molecule has 0 heterocycles. The number of aryl methyl sites for hydroxylation is 1. The number of hydrogen-bond acceptors (Lipinski definition) is 1. The third kappa shape index (κ3) is 6.29. The second-order valence-electron chi connectivity index (χ2n) is 4.05. The van der Waals surface area contributed by atoms with E-state index in [-0.39, 0.29) is 0 Å². The molecule has 1 aromatic rings. The first-order chi connectivity index (χ1) is 7.43. The highest BCUT2D eigenvalue weighted by Gasteiger charge is 1.92. The van der Waals surface area contributed by atoms with Gasteiger partial charge in [-0.3, -0.25) is 0 Å². The van der Waals surface area contributed by atoms with Crippen LogP contribution in [0, 0.1) is 0 Å². The van der Waals surface area contributed by atoms with Gasteiger partial charge in [-0.25, -0.2) is 0 Å². The number of rotatable bonds is 8. The molecule has 0 saturated heterocycles. The minimum atomic E-state index is 1.17. The van der Waals surface area contributed by atoms with Crippen molar-refractivity contribution in [3.63, 3.8) is 0 Å². The Morgan fingerprint density at radius 1 is 0.933 bits per heavy atom.